The van der Waals surface area contributed by atoms with E-state index in [0.29, 0.717) is 11.3 Å². The molecule has 3 heteroatoms. The van der Waals surface area contributed by atoms with Crippen LogP contribution in [0.3, 0.4) is 0 Å². The van der Waals surface area contributed by atoms with E-state index in [-0.39, 0.29) is 0 Å². The van der Waals surface area contributed by atoms with Gasteiger partial charge in [0, 0.05) is 16.8 Å². The normalized spacial score (nSPS) is 16.7. The molecule has 7 rings (SSSR count). The predicted octanol–water partition coefficient (Wildman–Crippen LogP) is 7.99. The summed E-state index contributed by atoms with van der Waals surface area (Å²) in [5, 5.41) is 16.5. The third kappa shape index (κ3) is 2.71. The number of hydrogen-bond acceptors (Lipinski definition) is 1. The Labute approximate surface area is 211 Å². The Balaban J connectivity index is 1.73. The second-order valence-corrected chi connectivity index (χ2v) is 11.9. The Morgan fingerprint density at radius 3 is 2.44 bits per heavy atom. The summed E-state index contributed by atoms with van der Waals surface area (Å²) >= 11 is 0. The zero-order valence-electron chi connectivity index (χ0n) is 21.9. The summed E-state index contributed by atoms with van der Waals surface area (Å²) in [7, 11) is 2.16. The first-order valence-corrected chi connectivity index (χ1v) is 13.2. The quantitative estimate of drug-likeness (QED) is 0.136. The van der Waals surface area contributed by atoms with Crippen molar-refractivity contribution in [1.82, 2.24) is 4.40 Å². The number of para-hydroxylation sites is 1. The number of benzene rings is 3. The zero-order valence-corrected chi connectivity index (χ0v) is 21.9. The Hall–Kier alpha value is -3.64. The van der Waals surface area contributed by atoms with Gasteiger partial charge in [-0.2, -0.15) is 5.26 Å². The fourth-order valence-corrected chi connectivity index (χ4v) is 7.10. The minimum atomic E-state index is 0.452. The Morgan fingerprint density at radius 2 is 1.69 bits per heavy atom. The zero-order chi connectivity index (χ0) is 24.9. The molecule has 0 bridgehead atoms. The van der Waals surface area contributed by atoms with Crippen LogP contribution in [0.1, 0.15) is 67.7 Å². The summed E-state index contributed by atoms with van der Waals surface area (Å²) in [6.45, 7) is 9.13. The maximum atomic E-state index is 10.3. The van der Waals surface area contributed by atoms with Gasteiger partial charge in [0.25, 0.3) is 0 Å². The largest absolute Gasteiger partial charge is 0.307 e. The standard InChI is InChI=1S/C33H32N3/c1-19-20(2)28-31-29-22(12-15-35(31)5)16-23(21-10-13-33(3,4)14-11-21)17-27(29)36-26-9-7-6-8-24(26)30(32(28)36)25(19)18-34/h6-9,12,15-17,21H,10-11,13-14H2,1-5H3/q+1. The van der Waals surface area contributed by atoms with Crippen molar-refractivity contribution in [2.75, 3.05) is 0 Å². The van der Waals surface area contributed by atoms with Crippen molar-refractivity contribution in [2.45, 2.75) is 59.3 Å². The molecule has 6 aromatic rings. The number of nitrogens with zero attached hydrogens (tertiary/aromatic N) is 3. The van der Waals surface area contributed by atoms with E-state index in [1.165, 1.54) is 80.4 Å². The minimum absolute atomic E-state index is 0.452. The highest BCUT2D eigenvalue weighted by Gasteiger charge is 2.30. The van der Waals surface area contributed by atoms with Crippen LogP contribution >= 0.6 is 0 Å². The topological polar surface area (TPSA) is 32.1 Å². The van der Waals surface area contributed by atoms with E-state index in [1.54, 1.807) is 0 Å². The SMILES string of the molecule is Cc1c(C#N)c2c3ccccc3n3c4cc(C5CCC(C)(C)CC5)cc5cc[n+](C)c(c(c1C)c23)c54. The molecule has 3 heterocycles. The molecule has 0 amide bonds. The summed E-state index contributed by atoms with van der Waals surface area (Å²) in [6.07, 6.45) is 7.28. The second kappa shape index (κ2) is 7.20. The maximum absolute atomic E-state index is 10.3. The molecule has 178 valence electrons. The van der Waals surface area contributed by atoms with Gasteiger partial charge >= 0.3 is 0 Å². The van der Waals surface area contributed by atoms with E-state index in [2.05, 4.69) is 98.4 Å². The molecule has 3 aromatic carbocycles. The van der Waals surface area contributed by atoms with Crippen LogP contribution in [-0.4, -0.2) is 4.40 Å². The molecule has 0 aliphatic heterocycles. The highest BCUT2D eigenvalue weighted by atomic mass is 15.0. The van der Waals surface area contributed by atoms with Crippen molar-refractivity contribution in [2.24, 2.45) is 12.5 Å². The van der Waals surface area contributed by atoms with Gasteiger partial charge in [0.15, 0.2) is 6.20 Å². The number of aromatic nitrogens is 2. The van der Waals surface area contributed by atoms with Crippen molar-refractivity contribution in [1.29, 1.82) is 5.26 Å². The van der Waals surface area contributed by atoms with E-state index in [0.717, 1.165) is 16.5 Å². The van der Waals surface area contributed by atoms with E-state index in [4.69, 9.17) is 0 Å². The lowest BCUT2D eigenvalue weighted by molar-refractivity contribution is -0.643. The lowest BCUT2D eigenvalue weighted by atomic mass is 9.71. The fourth-order valence-electron chi connectivity index (χ4n) is 7.10. The number of fused-ring (bicyclic) bond motifs is 5. The van der Waals surface area contributed by atoms with Crippen LogP contribution in [0.4, 0.5) is 0 Å². The van der Waals surface area contributed by atoms with Crippen LogP contribution in [0.25, 0.3) is 49.0 Å². The number of rotatable bonds is 1. The summed E-state index contributed by atoms with van der Waals surface area (Å²) in [4.78, 5) is 0. The van der Waals surface area contributed by atoms with Crippen LogP contribution in [0, 0.1) is 30.6 Å². The molecule has 0 saturated heterocycles. The van der Waals surface area contributed by atoms with Crippen molar-refractivity contribution < 1.29 is 4.57 Å². The molecule has 3 aromatic heterocycles. The third-order valence-corrected chi connectivity index (χ3v) is 9.31. The molecule has 0 unspecified atom stereocenters. The number of nitriles is 1. The molecular weight excluding hydrogens is 438 g/mol. The van der Waals surface area contributed by atoms with E-state index in [9.17, 15) is 5.26 Å². The van der Waals surface area contributed by atoms with Crippen LogP contribution < -0.4 is 4.57 Å². The first kappa shape index (κ1) is 21.6. The van der Waals surface area contributed by atoms with Gasteiger partial charge in [0.1, 0.15) is 13.1 Å². The Bertz CT molecular complexity index is 1900. The fraction of sp³-hybridized carbons (Fsp3) is 0.333. The summed E-state index contributed by atoms with van der Waals surface area (Å²) in [5.41, 5.74) is 9.93. The first-order chi connectivity index (χ1) is 17.3. The van der Waals surface area contributed by atoms with Crippen molar-refractivity contribution >= 4 is 49.0 Å². The summed E-state index contributed by atoms with van der Waals surface area (Å²) < 4.78 is 4.75. The number of hydrogen-bond donors (Lipinski definition) is 0. The smallest absolute Gasteiger partial charge is 0.224 e. The van der Waals surface area contributed by atoms with Gasteiger partial charge in [-0.25, -0.2) is 4.57 Å². The van der Waals surface area contributed by atoms with Gasteiger partial charge in [0.05, 0.1) is 32.9 Å². The minimum Gasteiger partial charge on any atom is -0.307 e. The maximum Gasteiger partial charge on any atom is 0.224 e. The van der Waals surface area contributed by atoms with Crippen LogP contribution in [0.2, 0.25) is 0 Å². The van der Waals surface area contributed by atoms with Crippen molar-refractivity contribution in [3.8, 4) is 6.07 Å². The van der Waals surface area contributed by atoms with E-state index in [1.807, 2.05) is 0 Å². The Morgan fingerprint density at radius 1 is 0.944 bits per heavy atom. The number of pyridine rings is 2. The molecule has 3 nitrogen and oxygen atoms in total. The lowest BCUT2D eigenvalue weighted by Crippen LogP contribution is -2.29. The molecule has 1 saturated carbocycles. The predicted molar refractivity (Wildman–Crippen MR) is 149 cm³/mol. The third-order valence-electron chi connectivity index (χ3n) is 9.31. The van der Waals surface area contributed by atoms with Gasteiger partial charge in [-0.05, 0) is 85.1 Å². The molecule has 0 spiro atoms. The molecule has 0 atom stereocenters. The molecule has 1 fully saturated rings. The summed E-state index contributed by atoms with van der Waals surface area (Å²) in [6, 6.07) is 18.4. The second-order valence-electron chi connectivity index (χ2n) is 11.9. The highest BCUT2D eigenvalue weighted by Crippen LogP contribution is 2.46. The molecule has 36 heavy (non-hydrogen) atoms. The monoisotopic (exact) mass is 470 g/mol. The van der Waals surface area contributed by atoms with Gasteiger partial charge < -0.3 is 4.40 Å². The van der Waals surface area contributed by atoms with Crippen LogP contribution in [-0.2, 0) is 7.05 Å². The van der Waals surface area contributed by atoms with E-state index >= 15 is 0 Å². The average Bonchev–Trinajstić information content (AvgIpc) is 3.21. The lowest BCUT2D eigenvalue weighted by Gasteiger charge is -2.34. The van der Waals surface area contributed by atoms with Gasteiger partial charge in [-0.1, -0.05) is 38.1 Å². The Kier molecular flexibility index (Phi) is 4.33. The first-order valence-electron chi connectivity index (χ1n) is 13.2. The molecule has 1 aliphatic rings. The molecule has 0 radical (unpaired) electrons. The highest BCUT2D eigenvalue weighted by molar-refractivity contribution is 6.27. The van der Waals surface area contributed by atoms with Crippen molar-refractivity contribution in [3.63, 3.8) is 0 Å². The van der Waals surface area contributed by atoms with Crippen molar-refractivity contribution in [3.05, 3.63) is 70.9 Å². The van der Waals surface area contributed by atoms with Gasteiger partial charge in [-0.3, -0.25) is 0 Å². The van der Waals surface area contributed by atoms with Crippen LogP contribution in [0.5, 0.6) is 0 Å². The average molecular weight is 471 g/mol. The van der Waals surface area contributed by atoms with Crippen LogP contribution in [0.15, 0.2) is 48.7 Å². The number of aryl methyl sites for hydroxylation is 2. The van der Waals surface area contributed by atoms with Gasteiger partial charge in [0.2, 0.25) is 5.52 Å². The summed E-state index contributed by atoms with van der Waals surface area (Å²) in [5.74, 6) is 0.601. The van der Waals surface area contributed by atoms with E-state index < -0.39 is 0 Å². The molecular formula is C33H32N3+. The van der Waals surface area contributed by atoms with Gasteiger partial charge in [-0.15, -0.1) is 0 Å². The molecule has 0 N–H and O–H groups in total. The molecule has 1 aliphatic carbocycles.